The predicted octanol–water partition coefficient (Wildman–Crippen LogP) is 4.23. The van der Waals surface area contributed by atoms with E-state index in [2.05, 4.69) is 64.2 Å². The van der Waals surface area contributed by atoms with Gasteiger partial charge in [0.15, 0.2) is 0 Å². The molecule has 2 unspecified atom stereocenters. The third kappa shape index (κ3) is 3.35. The fraction of sp³-hybridized carbons (Fsp3) is 0.647. The monoisotopic (exact) mass is 245 g/mol. The maximum atomic E-state index is 3.70. The summed E-state index contributed by atoms with van der Waals surface area (Å²) < 4.78 is 0. The highest BCUT2D eigenvalue weighted by Gasteiger charge is 2.25. The van der Waals surface area contributed by atoms with E-state index in [0.717, 1.165) is 6.04 Å². The quantitative estimate of drug-likeness (QED) is 0.837. The summed E-state index contributed by atoms with van der Waals surface area (Å²) in [5.41, 5.74) is 3.12. The highest BCUT2D eigenvalue weighted by molar-refractivity contribution is 5.29. The molecule has 1 aliphatic rings. The molecule has 1 fully saturated rings. The predicted molar refractivity (Wildman–Crippen MR) is 79.2 cm³/mol. The molecule has 0 aromatic heterocycles. The molecule has 1 aromatic carbocycles. The van der Waals surface area contributed by atoms with Crippen molar-refractivity contribution in [3.8, 4) is 0 Å². The van der Waals surface area contributed by atoms with Crippen LogP contribution in [0, 0.1) is 0 Å². The zero-order valence-corrected chi connectivity index (χ0v) is 12.5. The van der Waals surface area contributed by atoms with E-state index in [-0.39, 0.29) is 5.41 Å². The van der Waals surface area contributed by atoms with Crippen molar-refractivity contribution in [2.75, 3.05) is 0 Å². The molecule has 0 heterocycles. The lowest BCUT2D eigenvalue weighted by molar-refractivity contribution is 0.478. The molecule has 0 amide bonds. The first kappa shape index (κ1) is 13.6. The van der Waals surface area contributed by atoms with Gasteiger partial charge in [-0.05, 0) is 42.2 Å². The second-order valence-electron chi connectivity index (χ2n) is 6.89. The summed E-state index contributed by atoms with van der Waals surface area (Å²) in [5, 5.41) is 3.70. The van der Waals surface area contributed by atoms with Crippen LogP contribution in [0.4, 0.5) is 0 Å². The molecule has 1 N–H and O–H groups in total. The van der Waals surface area contributed by atoms with Gasteiger partial charge in [0, 0.05) is 12.1 Å². The third-order valence-corrected chi connectivity index (χ3v) is 4.13. The Bertz CT molecular complexity index is 381. The smallest absolute Gasteiger partial charge is 0.0107 e. The zero-order valence-electron chi connectivity index (χ0n) is 12.5. The number of hydrogen-bond donors (Lipinski definition) is 1. The van der Waals surface area contributed by atoms with Crippen molar-refractivity contribution in [2.24, 2.45) is 0 Å². The second-order valence-corrected chi connectivity index (χ2v) is 6.89. The van der Waals surface area contributed by atoms with Crippen LogP contribution in [0.5, 0.6) is 0 Å². The Morgan fingerprint density at radius 1 is 1.06 bits per heavy atom. The zero-order chi connectivity index (χ0) is 13.3. The summed E-state index contributed by atoms with van der Waals surface area (Å²) in [4.78, 5) is 0. The number of benzene rings is 1. The standard InChI is InChI=1S/C17H27N/c1-12(13(2)18-16-10-11-16)14-6-8-15(9-7-14)17(3,4)5/h6-9,12-13,16,18H,10-11H2,1-5H3. The van der Waals surface area contributed by atoms with Gasteiger partial charge in [0.2, 0.25) is 0 Å². The van der Waals surface area contributed by atoms with Gasteiger partial charge in [0.25, 0.3) is 0 Å². The van der Waals surface area contributed by atoms with E-state index >= 15 is 0 Å². The molecular weight excluding hydrogens is 218 g/mol. The van der Waals surface area contributed by atoms with Crippen LogP contribution in [-0.2, 0) is 5.41 Å². The van der Waals surface area contributed by atoms with Crippen LogP contribution < -0.4 is 5.32 Å². The van der Waals surface area contributed by atoms with Gasteiger partial charge in [-0.25, -0.2) is 0 Å². The molecule has 0 saturated heterocycles. The molecule has 1 heteroatoms. The maximum Gasteiger partial charge on any atom is 0.0107 e. The molecule has 2 rings (SSSR count). The molecule has 0 bridgehead atoms. The first-order valence-corrected chi connectivity index (χ1v) is 7.24. The van der Waals surface area contributed by atoms with Crippen molar-refractivity contribution < 1.29 is 0 Å². The van der Waals surface area contributed by atoms with Gasteiger partial charge in [-0.3, -0.25) is 0 Å². The minimum Gasteiger partial charge on any atom is -0.311 e. The van der Waals surface area contributed by atoms with Crippen molar-refractivity contribution in [1.82, 2.24) is 5.32 Å². The lowest BCUT2D eigenvalue weighted by Gasteiger charge is -2.24. The van der Waals surface area contributed by atoms with Crippen LogP contribution in [0.3, 0.4) is 0 Å². The Hall–Kier alpha value is -0.820. The average Bonchev–Trinajstić information content (AvgIpc) is 3.11. The van der Waals surface area contributed by atoms with Crippen LogP contribution in [0.1, 0.15) is 64.5 Å². The Kier molecular flexibility index (Phi) is 3.82. The molecule has 1 saturated carbocycles. The molecular formula is C17H27N. The normalized spacial score (nSPS) is 19.6. The Morgan fingerprint density at radius 2 is 1.61 bits per heavy atom. The summed E-state index contributed by atoms with van der Waals surface area (Å²) in [6, 6.07) is 10.5. The highest BCUT2D eigenvalue weighted by Crippen LogP contribution is 2.27. The molecule has 100 valence electrons. The molecule has 1 aliphatic carbocycles. The van der Waals surface area contributed by atoms with Gasteiger partial charge >= 0.3 is 0 Å². The lowest BCUT2D eigenvalue weighted by Crippen LogP contribution is -2.32. The molecule has 1 aromatic rings. The van der Waals surface area contributed by atoms with Gasteiger partial charge in [0.05, 0.1) is 0 Å². The highest BCUT2D eigenvalue weighted by atomic mass is 15.0. The largest absolute Gasteiger partial charge is 0.311 e. The first-order valence-electron chi connectivity index (χ1n) is 7.24. The van der Waals surface area contributed by atoms with Crippen molar-refractivity contribution >= 4 is 0 Å². The van der Waals surface area contributed by atoms with Gasteiger partial charge in [-0.1, -0.05) is 52.0 Å². The minimum atomic E-state index is 0.250. The van der Waals surface area contributed by atoms with E-state index < -0.39 is 0 Å². The van der Waals surface area contributed by atoms with E-state index in [1.54, 1.807) is 0 Å². The second kappa shape index (κ2) is 5.05. The molecule has 0 spiro atoms. The summed E-state index contributed by atoms with van der Waals surface area (Å²) in [5.74, 6) is 0.583. The molecule has 18 heavy (non-hydrogen) atoms. The number of rotatable bonds is 4. The van der Waals surface area contributed by atoms with Gasteiger partial charge < -0.3 is 5.32 Å². The molecule has 2 atom stereocenters. The summed E-state index contributed by atoms with van der Waals surface area (Å²) in [6.45, 7) is 11.4. The van der Waals surface area contributed by atoms with Gasteiger partial charge in [-0.15, -0.1) is 0 Å². The fourth-order valence-corrected chi connectivity index (χ4v) is 2.34. The van der Waals surface area contributed by atoms with E-state index in [0.29, 0.717) is 12.0 Å². The van der Waals surface area contributed by atoms with Gasteiger partial charge in [-0.2, -0.15) is 0 Å². The maximum absolute atomic E-state index is 3.70. The topological polar surface area (TPSA) is 12.0 Å². The SMILES string of the molecule is CC(NC1CC1)C(C)c1ccc(C(C)(C)C)cc1. The molecule has 1 nitrogen and oxygen atoms in total. The summed E-state index contributed by atoms with van der Waals surface area (Å²) in [7, 11) is 0. The fourth-order valence-electron chi connectivity index (χ4n) is 2.34. The minimum absolute atomic E-state index is 0.250. The first-order chi connectivity index (χ1) is 8.38. The third-order valence-electron chi connectivity index (χ3n) is 4.13. The van der Waals surface area contributed by atoms with Crippen LogP contribution in [0.2, 0.25) is 0 Å². The van der Waals surface area contributed by atoms with Crippen LogP contribution in [0.15, 0.2) is 24.3 Å². The average molecular weight is 245 g/mol. The Morgan fingerprint density at radius 3 is 2.06 bits per heavy atom. The Balaban J connectivity index is 2.03. The summed E-state index contributed by atoms with van der Waals surface area (Å²) in [6.07, 6.45) is 2.72. The van der Waals surface area contributed by atoms with E-state index in [1.807, 2.05) is 0 Å². The van der Waals surface area contributed by atoms with Crippen LogP contribution in [-0.4, -0.2) is 12.1 Å². The van der Waals surface area contributed by atoms with E-state index in [4.69, 9.17) is 0 Å². The van der Waals surface area contributed by atoms with Crippen LogP contribution in [0.25, 0.3) is 0 Å². The Labute approximate surface area is 112 Å². The lowest BCUT2D eigenvalue weighted by atomic mass is 9.85. The van der Waals surface area contributed by atoms with Crippen molar-refractivity contribution in [1.29, 1.82) is 0 Å². The van der Waals surface area contributed by atoms with E-state index in [1.165, 1.54) is 24.0 Å². The van der Waals surface area contributed by atoms with Crippen molar-refractivity contribution in [3.05, 3.63) is 35.4 Å². The van der Waals surface area contributed by atoms with Gasteiger partial charge in [0.1, 0.15) is 0 Å². The molecule has 0 radical (unpaired) electrons. The molecule has 0 aliphatic heterocycles. The van der Waals surface area contributed by atoms with E-state index in [9.17, 15) is 0 Å². The number of nitrogens with one attached hydrogen (secondary N) is 1. The van der Waals surface area contributed by atoms with Crippen molar-refractivity contribution in [3.63, 3.8) is 0 Å². The number of hydrogen-bond acceptors (Lipinski definition) is 1. The summed E-state index contributed by atoms with van der Waals surface area (Å²) >= 11 is 0. The van der Waals surface area contributed by atoms with Crippen molar-refractivity contribution in [2.45, 2.75) is 70.9 Å². The van der Waals surface area contributed by atoms with Crippen LogP contribution >= 0.6 is 0 Å².